The zero-order valence-electron chi connectivity index (χ0n) is 9.17. The van der Waals surface area contributed by atoms with E-state index in [4.69, 9.17) is 0 Å². The van der Waals surface area contributed by atoms with Crippen molar-refractivity contribution in [3.05, 3.63) is 0 Å². The normalized spacial score (nSPS) is 12.0. The summed E-state index contributed by atoms with van der Waals surface area (Å²) in [6, 6.07) is 0. The molecule has 0 amide bonds. The number of nitrogens with zero attached hydrogens (tertiary/aromatic N) is 3. The summed E-state index contributed by atoms with van der Waals surface area (Å²) in [5.41, 5.74) is 0. The minimum absolute atomic E-state index is 1.01. The van der Waals surface area contributed by atoms with Crippen molar-refractivity contribution in [3.8, 4) is 0 Å². The molecule has 0 aliphatic heterocycles. The maximum Gasteiger partial charge on any atom is 0.0643 e. The molecule has 0 spiro atoms. The minimum atomic E-state index is 1.01. The van der Waals surface area contributed by atoms with Gasteiger partial charge in [-0.1, -0.05) is 20.8 Å². The van der Waals surface area contributed by atoms with E-state index in [1.54, 1.807) is 0 Å². The first-order chi connectivity index (χ1) is 5.65. The van der Waals surface area contributed by atoms with Gasteiger partial charge >= 0.3 is 0 Å². The molecule has 0 rings (SSSR count). The summed E-state index contributed by atoms with van der Waals surface area (Å²) >= 11 is 0. The molecule has 0 aliphatic rings. The second kappa shape index (κ2) is 6.40. The Morgan fingerprint density at radius 2 is 1.17 bits per heavy atom. The minimum Gasteiger partial charge on any atom is -0.296 e. The van der Waals surface area contributed by atoms with Gasteiger partial charge in [0.2, 0.25) is 0 Å². The first-order valence-corrected chi connectivity index (χ1v) is 4.80. The van der Waals surface area contributed by atoms with Crippen LogP contribution in [-0.4, -0.2) is 55.3 Å². The van der Waals surface area contributed by atoms with Gasteiger partial charge in [0.15, 0.2) is 0 Å². The number of rotatable bonds is 6. The lowest BCUT2D eigenvalue weighted by molar-refractivity contribution is -0.0427. The highest BCUT2D eigenvalue weighted by Gasteiger charge is 2.09. The summed E-state index contributed by atoms with van der Waals surface area (Å²) in [4.78, 5) is 2.20. The van der Waals surface area contributed by atoms with Gasteiger partial charge in [-0.05, 0) is 14.1 Å². The molecule has 0 fully saturated rings. The Labute approximate surface area is 76.9 Å². The Kier molecular flexibility index (Phi) is 6.34. The van der Waals surface area contributed by atoms with Crippen LogP contribution in [0.1, 0.15) is 20.8 Å². The Hall–Kier alpha value is -0.120. The van der Waals surface area contributed by atoms with Gasteiger partial charge in [-0.25, -0.2) is 10.0 Å². The first-order valence-electron chi connectivity index (χ1n) is 4.80. The fraction of sp³-hybridized carbons (Fsp3) is 1.00. The monoisotopic (exact) mass is 173 g/mol. The summed E-state index contributed by atoms with van der Waals surface area (Å²) < 4.78 is 0. The fourth-order valence-electron chi connectivity index (χ4n) is 1.34. The van der Waals surface area contributed by atoms with Gasteiger partial charge in [0.1, 0.15) is 0 Å². The molecule has 0 aromatic carbocycles. The van der Waals surface area contributed by atoms with Gasteiger partial charge in [-0.15, -0.1) is 0 Å². The van der Waals surface area contributed by atoms with E-state index in [0.29, 0.717) is 0 Å². The molecule has 0 aromatic rings. The third-order valence-corrected chi connectivity index (χ3v) is 1.94. The standard InChI is InChI=1S/C9H23N3/c1-6-11(7-2)12(8-3)9-10(4)5/h6-9H2,1-5H3. The van der Waals surface area contributed by atoms with E-state index in [1.807, 2.05) is 0 Å². The first kappa shape index (κ1) is 11.9. The van der Waals surface area contributed by atoms with E-state index in [9.17, 15) is 0 Å². The molecule has 3 nitrogen and oxygen atoms in total. The van der Waals surface area contributed by atoms with Crippen molar-refractivity contribution >= 4 is 0 Å². The summed E-state index contributed by atoms with van der Waals surface area (Å²) in [6.45, 7) is 10.9. The van der Waals surface area contributed by atoms with Crippen LogP contribution in [0.25, 0.3) is 0 Å². The average molecular weight is 173 g/mol. The summed E-state index contributed by atoms with van der Waals surface area (Å²) in [6.07, 6.45) is 0. The van der Waals surface area contributed by atoms with Gasteiger partial charge in [-0.2, -0.15) is 0 Å². The molecule has 0 N–H and O–H groups in total. The molecule has 0 bridgehead atoms. The maximum atomic E-state index is 2.36. The van der Waals surface area contributed by atoms with Crippen LogP contribution >= 0.6 is 0 Å². The van der Waals surface area contributed by atoms with Crippen LogP contribution in [-0.2, 0) is 0 Å². The molecule has 0 aliphatic carbocycles. The lowest BCUT2D eigenvalue weighted by Crippen LogP contribution is -2.46. The molecule has 0 radical (unpaired) electrons. The SMILES string of the molecule is CCN(CC)N(CC)CN(C)C. The fourth-order valence-corrected chi connectivity index (χ4v) is 1.34. The molecule has 0 saturated heterocycles. The zero-order chi connectivity index (χ0) is 9.56. The molecule has 3 heteroatoms. The van der Waals surface area contributed by atoms with E-state index in [-0.39, 0.29) is 0 Å². The van der Waals surface area contributed by atoms with Crippen LogP contribution < -0.4 is 0 Å². The molecule has 0 heterocycles. The van der Waals surface area contributed by atoms with Crippen molar-refractivity contribution in [1.29, 1.82) is 0 Å². The van der Waals surface area contributed by atoms with Crippen molar-refractivity contribution in [2.45, 2.75) is 20.8 Å². The molecular formula is C9H23N3. The van der Waals surface area contributed by atoms with Gasteiger partial charge < -0.3 is 0 Å². The quantitative estimate of drug-likeness (QED) is 0.440. The molecule has 0 atom stereocenters. The van der Waals surface area contributed by atoms with E-state index in [1.165, 1.54) is 0 Å². The van der Waals surface area contributed by atoms with E-state index < -0.39 is 0 Å². The van der Waals surface area contributed by atoms with E-state index in [2.05, 4.69) is 49.8 Å². The topological polar surface area (TPSA) is 9.72 Å². The maximum absolute atomic E-state index is 2.36. The second-order valence-corrected chi connectivity index (χ2v) is 3.18. The lowest BCUT2D eigenvalue weighted by atomic mass is 10.6. The van der Waals surface area contributed by atoms with E-state index >= 15 is 0 Å². The van der Waals surface area contributed by atoms with Crippen LogP contribution in [0.15, 0.2) is 0 Å². The lowest BCUT2D eigenvalue weighted by Gasteiger charge is -2.34. The van der Waals surface area contributed by atoms with Crippen LogP contribution in [0.2, 0.25) is 0 Å². The zero-order valence-corrected chi connectivity index (χ0v) is 9.17. The highest BCUT2D eigenvalue weighted by Crippen LogP contribution is 1.97. The van der Waals surface area contributed by atoms with Gasteiger partial charge in [-0.3, -0.25) is 4.90 Å². The van der Waals surface area contributed by atoms with Crippen LogP contribution in [0.5, 0.6) is 0 Å². The number of hydrogen-bond donors (Lipinski definition) is 0. The Bertz CT molecular complexity index is 99.9. The van der Waals surface area contributed by atoms with Gasteiger partial charge in [0, 0.05) is 19.6 Å². The van der Waals surface area contributed by atoms with Crippen molar-refractivity contribution in [2.24, 2.45) is 0 Å². The molecule has 0 saturated carbocycles. The highest BCUT2D eigenvalue weighted by atomic mass is 15.6. The van der Waals surface area contributed by atoms with Crippen LogP contribution in [0.3, 0.4) is 0 Å². The molecular weight excluding hydrogens is 150 g/mol. The summed E-state index contributed by atoms with van der Waals surface area (Å²) in [5, 5.41) is 4.72. The summed E-state index contributed by atoms with van der Waals surface area (Å²) in [5.74, 6) is 0. The van der Waals surface area contributed by atoms with Crippen molar-refractivity contribution < 1.29 is 0 Å². The Balaban J connectivity index is 3.92. The van der Waals surface area contributed by atoms with Gasteiger partial charge in [0.05, 0.1) is 6.67 Å². The largest absolute Gasteiger partial charge is 0.296 e. The molecule has 74 valence electrons. The predicted molar refractivity (Wildman–Crippen MR) is 53.9 cm³/mol. The molecule has 0 aromatic heterocycles. The number of hydrogen-bond acceptors (Lipinski definition) is 3. The number of hydrazine groups is 1. The average Bonchev–Trinajstić information content (AvgIpc) is 2.04. The van der Waals surface area contributed by atoms with Crippen molar-refractivity contribution in [1.82, 2.24) is 14.9 Å². The Morgan fingerprint density at radius 3 is 1.42 bits per heavy atom. The summed E-state index contributed by atoms with van der Waals surface area (Å²) in [7, 11) is 4.21. The smallest absolute Gasteiger partial charge is 0.0643 e. The van der Waals surface area contributed by atoms with Crippen LogP contribution in [0, 0.1) is 0 Å². The van der Waals surface area contributed by atoms with Crippen LogP contribution in [0.4, 0.5) is 0 Å². The Morgan fingerprint density at radius 1 is 0.750 bits per heavy atom. The predicted octanol–water partition coefficient (Wildman–Crippen LogP) is 1.08. The third kappa shape index (κ3) is 4.04. The molecule has 12 heavy (non-hydrogen) atoms. The van der Waals surface area contributed by atoms with Crippen molar-refractivity contribution in [2.75, 3.05) is 40.4 Å². The molecule has 0 unspecified atom stereocenters. The van der Waals surface area contributed by atoms with Gasteiger partial charge in [0.25, 0.3) is 0 Å². The third-order valence-electron chi connectivity index (χ3n) is 1.94. The van der Waals surface area contributed by atoms with Crippen molar-refractivity contribution in [3.63, 3.8) is 0 Å². The second-order valence-electron chi connectivity index (χ2n) is 3.18. The highest BCUT2D eigenvalue weighted by molar-refractivity contribution is 4.51. The van der Waals surface area contributed by atoms with E-state index in [0.717, 1.165) is 26.3 Å².